The molecule has 0 radical (unpaired) electrons. The van der Waals surface area contributed by atoms with Crippen molar-refractivity contribution in [3.8, 4) is 5.75 Å². The maximum absolute atomic E-state index is 12.8. The second-order valence-corrected chi connectivity index (χ2v) is 5.89. The minimum atomic E-state index is -0.580. The van der Waals surface area contributed by atoms with Crippen molar-refractivity contribution in [2.24, 2.45) is 10.7 Å². The average Bonchev–Trinajstić information content (AvgIpc) is 2.87. The number of esters is 1. The summed E-state index contributed by atoms with van der Waals surface area (Å²) >= 11 is 1.11. The van der Waals surface area contributed by atoms with Crippen LogP contribution in [-0.2, 0) is 4.79 Å². The van der Waals surface area contributed by atoms with Crippen molar-refractivity contribution in [2.45, 2.75) is 0 Å². The number of thioether (sulfide) groups is 1. The lowest BCUT2D eigenvalue weighted by Gasteiger charge is -2.05. The zero-order chi connectivity index (χ0) is 17.1. The third-order valence-corrected chi connectivity index (χ3v) is 3.92. The Morgan fingerprint density at radius 2 is 1.79 bits per heavy atom. The number of amidine groups is 1. The van der Waals surface area contributed by atoms with E-state index >= 15 is 0 Å². The highest BCUT2D eigenvalue weighted by molar-refractivity contribution is 8.18. The Balaban J connectivity index is 1.69. The molecule has 0 spiro atoms. The first kappa shape index (κ1) is 15.9. The summed E-state index contributed by atoms with van der Waals surface area (Å²) in [6.07, 6.45) is 1.65. The van der Waals surface area contributed by atoms with Gasteiger partial charge in [0.2, 0.25) is 0 Å². The number of carbonyl (C=O) groups is 2. The molecule has 7 heteroatoms. The van der Waals surface area contributed by atoms with Gasteiger partial charge in [-0.1, -0.05) is 12.1 Å². The first-order valence-corrected chi connectivity index (χ1v) is 7.69. The molecule has 0 fully saturated rings. The summed E-state index contributed by atoms with van der Waals surface area (Å²) in [5.41, 5.74) is 6.48. The smallest absolute Gasteiger partial charge is 0.343 e. The van der Waals surface area contributed by atoms with E-state index in [1.165, 1.54) is 24.3 Å². The number of nitrogens with two attached hydrogens (primary N) is 1. The monoisotopic (exact) mass is 342 g/mol. The number of ether oxygens (including phenoxy) is 1. The van der Waals surface area contributed by atoms with Gasteiger partial charge < -0.3 is 10.5 Å². The van der Waals surface area contributed by atoms with Crippen LogP contribution in [0, 0.1) is 5.82 Å². The Labute approximate surface area is 141 Å². The van der Waals surface area contributed by atoms with Crippen LogP contribution in [-0.4, -0.2) is 17.0 Å². The molecule has 2 N–H and O–H groups in total. The molecule has 0 aromatic heterocycles. The van der Waals surface area contributed by atoms with Crippen LogP contribution in [0.25, 0.3) is 6.08 Å². The zero-order valence-corrected chi connectivity index (χ0v) is 13.0. The summed E-state index contributed by atoms with van der Waals surface area (Å²) in [5.74, 6) is -1.03. The third-order valence-electron chi connectivity index (χ3n) is 3.11. The Morgan fingerprint density at radius 3 is 2.38 bits per heavy atom. The minimum absolute atomic E-state index is 0.219. The van der Waals surface area contributed by atoms with Crippen LogP contribution >= 0.6 is 11.8 Å². The SMILES string of the molecule is NC1=NC(=O)/C(=C\c2ccc(OC(=O)c3ccc(F)cc3)cc2)S1. The standard InChI is InChI=1S/C17H11FN2O3S/c18-12-5-3-11(4-6-12)16(22)23-13-7-1-10(2-8-13)9-14-15(21)20-17(19)24-14/h1-9H,(H2,19,20,21)/b14-9+. The minimum Gasteiger partial charge on any atom is -0.423 e. The molecular weight excluding hydrogens is 331 g/mol. The molecule has 120 valence electrons. The molecule has 5 nitrogen and oxygen atoms in total. The van der Waals surface area contributed by atoms with E-state index in [0.717, 1.165) is 17.3 Å². The molecule has 0 bridgehead atoms. The maximum Gasteiger partial charge on any atom is 0.343 e. The second kappa shape index (κ2) is 6.67. The fraction of sp³-hybridized carbons (Fsp3) is 0. The van der Waals surface area contributed by atoms with Gasteiger partial charge in [0.1, 0.15) is 11.6 Å². The third kappa shape index (κ3) is 3.69. The predicted octanol–water partition coefficient (Wildman–Crippen LogP) is 2.97. The van der Waals surface area contributed by atoms with Crippen molar-refractivity contribution in [3.63, 3.8) is 0 Å². The molecule has 0 aliphatic carbocycles. The summed E-state index contributed by atoms with van der Waals surface area (Å²) in [4.78, 5) is 27.5. The highest BCUT2D eigenvalue weighted by Gasteiger charge is 2.19. The van der Waals surface area contributed by atoms with Gasteiger partial charge >= 0.3 is 5.97 Å². The van der Waals surface area contributed by atoms with E-state index in [2.05, 4.69) is 4.99 Å². The van der Waals surface area contributed by atoms with Gasteiger partial charge in [0.25, 0.3) is 5.91 Å². The molecule has 0 saturated carbocycles. The lowest BCUT2D eigenvalue weighted by atomic mass is 10.2. The van der Waals surface area contributed by atoms with Gasteiger partial charge in [-0.15, -0.1) is 0 Å². The van der Waals surface area contributed by atoms with Crippen molar-refractivity contribution in [1.29, 1.82) is 0 Å². The summed E-state index contributed by atoms with van der Waals surface area (Å²) in [6.45, 7) is 0. The van der Waals surface area contributed by atoms with Crippen molar-refractivity contribution in [3.05, 3.63) is 70.4 Å². The number of halogens is 1. The fourth-order valence-corrected chi connectivity index (χ4v) is 2.64. The molecule has 1 aliphatic rings. The quantitative estimate of drug-likeness (QED) is 0.527. The summed E-state index contributed by atoms with van der Waals surface area (Å²) in [6, 6.07) is 11.7. The van der Waals surface area contributed by atoms with E-state index in [1.807, 2.05) is 0 Å². The summed E-state index contributed by atoms with van der Waals surface area (Å²) < 4.78 is 18.0. The number of aliphatic imine (C=N–C) groups is 1. The Bertz CT molecular complexity index is 858. The van der Waals surface area contributed by atoms with E-state index in [-0.39, 0.29) is 16.6 Å². The molecule has 2 aromatic carbocycles. The number of rotatable bonds is 3. The topological polar surface area (TPSA) is 81.8 Å². The van der Waals surface area contributed by atoms with Crippen LogP contribution < -0.4 is 10.5 Å². The van der Waals surface area contributed by atoms with Gasteiger partial charge in [-0.05, 0) is 59.8 Å². The molecule has 0 atom stereocenters. The normalized spacial score (nSPS) is 15.5. The van der Waals surface area contributed by atoms with Gasteiger partial charge in [0, 0.05) is 0 Å². The maximum atomic E-state index is 12.8. The van der Waals surface area contributed by atoms with Crippen molar-refractivity contribution >= 4 is 34.9 Å². The molecule has 0 unspecified atom stereocenters. The van der Waals surface area contributed by atoms with Crippen molar-refractivity contribution in [2.75, 3.05) is 0 Å². The highest BCUT2D eigenvalue weighted by Crippen LogP contribution is 2.27. The lowest BCUT2D eigenvalue weighted by molar-refractivity contribution is -0.113. The van der Waals surface area contributed by atoms with Gasteiger partial charge in [0.05, 0.1) is 10.5 Å². The summed E-state index contributed by atoms with van der Waals surface area (Å²) in [5, 5.41) is 0.219. The van der Waals surface area contributed by atoms with Crippen LogP contribution in [0.5, 0.6) is 5.75 Å². The molecule has 0 saturated heterocycles. The average molecular weight is 342 g/mol. The number of benzene rings is 2. The molecule has 1 aliphatic heterocycles. The van der Waals surface area contributed by atoms with Crippen LogP contribution in [0.4, 0.5) is 4.39 Å². The highest BCUT2D eigenvalue weighted by atomic mass is 32.2. The zero-order valence-electron chi connectivity index (χ0n) is 12.2. The first-order valence-electron chi connectivity index (χ1n) is 6.87. The number of hydrogen-bond donors (Lipinski definition) is 1. The summed E-state index contributed by atoms with van der Waals surface area (Å²) in [7, 11) is 0. The predicted molar refractivity (Wildman–Crippen MR) is 90.0 cm³/mol. The number of carbonyl (C=O) groups excluding carboxylic acids is 2. The Kier molecular flexibility index (Phi) is 4.43. The molecule has 1 heterocycles. The van der Waals surface area contributed by atoms with E-state index in [1.54, 1.807) is 30.3 Å². The molecule has 3 rings (SSSR count). The molecule has 24 heavy (non-hydrogen) atoms. The second-order valence-electron chi connectivity index (χ2n) is 4.83. The number of nitrogens with zero attached hydrogens (tertiary/aromatic N) is 1. The van der Waals surface area contributed by atoms with Gasteiger partial charge in [-0.3, -0.25) is 4.79 Å². The van der Waals surface area contributed by atoms with Crippen LogP contribution in [0.2, 0.25) is 0 Å². The van der Waals surface area contributed by atoms with Crippen molar-refractivity contribution < 1.29 is 18.7 Å². The van der Waals surface area contributed by atoms with E-state index in [4.69, 9.17) is 10.5 Å². The Hall–Kier alpha value is -2.93. The first-order chi connectivity index (χ1) is 11.5. The van der Waals surface area contributed by atoms with E-state index < -0.39 is 11.8 Å². The van der Waals surface area contributed by atoms with E-state index in [9.17, 15) is 14.0 Å². The molecule has 1 amide bonds. The van der Waals surface area contributed by atoms with Gasteiger partial charge in [0.15, 0.2) is 5.17 Å². The van der Waals surface area contributed by atoms with Gasteiger partial charge in [-0.2, -0.15) is 4.99 Å². The van der Waals surface area contributed by atoms with Crippen LogP contribution in [0.1, 0.15) is 15.9 Å². The molecular formula is C17H11FN2O3S. The van der Waals surface area contributed by atoms with Gasteiger partial charge in [-0.25, -0.2) is 9.18 Å². The Morgan fingerprint density at radius 1 is 1.12 bits per heavy atom. The fourth-order valence-electron chi connectivity index (χ4n) is 1.96. The van der Waals surface area contributed by atoms with Crippen LogP contribution in [0.15, 0.2) is 58.4 Å². The number of hydrogen-bond acceptors (Lipinski definition) is 5. The van der Waals surface area contributed by atoms with Crippen LogP contribution in [0.3, 0.4) is 0 Å². The largest absolute Gasteiger partial charge is 0.423 e. The van der Waals surface area contributed by atoms with Crippen molar-refractivity contribution in [1.82, 2.24) is 0 Å². The number of amides is 1. The molecule has 2 aromatic rings. The lowest BCUT2D eigenvalue weighted by Crippen LogP contribution is -2.08. The van der Waals surface area contributed by atoms with E-state index in [0.29, 0.717) is 10.7 Å².